The predicted molar refractivity (Wildman–Crippen MR) is 358 cm³/mol. The molecule has 0 saturated carbocycles. The number of nitrogens with zero attached hydrogens (tertiary/aromatic N) is 1. The molecule has 0 rings (SSSR count). The minimum Gasteiger partial charge on any atom is -0.756 e. The Morgan fingerprint density at radius 2 is 0.699 bits per heavy atom. The number of likely N-dealkylation sites (N-methyl/N-ethyl adjacent to an activating group) is 1. The molecule has 3 unspecified atom stereocenters. The second-order valence-corrected chi connectivity index (χ2v) is 27.9. The number of quaternary nitrogens is 1. The summed E-state index contributed by atoms with van der Waals surface area (Å²) in [5.41, 5.74) is 0. The van der Waals surface area contributed by atoms with Crippen molar-refractivity contribution in [3.05, 3.63) is 24.3 Å². The average molecular weight is 1190 g/mol. The van der Waals surface area contributed by atoms with E-state index in [1.54, 1.807) is 0 Å². The van der Waals surface area contributed by atoms with Gasteiger partial charge in [-0.15, -0.1) is 0 Å². The van der Waals surface area contributed by atoms with Crippen LogP contribution >= 0.6 is 7.82 Å². The van der Waals surface area contributed by atoms with Crippen molar-refractivity contribution >= 4 is 19.7 Å². The number of amides is 1. The fraction of sp³-hybridized carbons (Fsp3) is 0.918. The summed E-state index contributed by atoms with van der Waals surface area (Å²) >= 11 is 0. The lowest BCUT2D eigenvalue weighted by atomic mass is 10.0. The number of carbonyl (C=O) groups excluding carboxylic acids is 2. The highest BCUT2D eigenvalue weighted by atomic mass is 31.2. The van der Waals surface area contributed by atoms with Crippen molar-refractivity contribution in [2.75, 3.05) is 40.9 Å². The zero-order valence-corrected chi connectivity index (χ0v) is 57.3. The molecule has 0 radical (unpaired) electrons. The maximum atomic E-state index is 13.6. The number of hydrogen-bond acceptors (Lipinski definition) is 7. The molecule has 0 saturated heterocycles. The number of rotatable bonds is 68. The molecule has 0 aromatic rings. The van der Waals surface area contributed by atoms with Crippen molar-refractivity contribution in [1.29, 1.82) is 0 Å². The highest BCUT2D eigenvalue weighted by molar-refractivity contribution is 7.45. The molecule has 0 fully saturated rings. The number of hydrogen-bond donors (Lipinski definition) is 1. The molecule has 9 nitrogen and oxygen atoms in total. The third-order valence-corrected chi connectivity index (χ3v) is 17.8. The van der Waals surface area contributed by atoms with Crippen molar-refractivity contribution in [2.45, 2.75) is 392 Å². The smallest absolute Gasteiger partial charge is 0.306 e. The Kier molecular flexibility index (Phi) is 62.4. The van der Waals surface area contributed by atoms with E-state index in [-0.39, 0.29) is 31.5 Å². The molecule has 1 amide bonds. The van der Waals surface area contributed by atoms with Gasteiger partial charge in [-0.05, 0) is 57.4 Å². The zero-order chi connectivity index (χ0) is 60.7. The number of ether oxygens (including phenoxy) is 1. The van der Waals surface area contributed by atoms with E-state index in [2.05, 4.69) is 38.2 Å². The molecule has 83 heavy (non-hydrogen) atoms. The molecular formula is C73H143N2O7P. The zero-order valence-electron chi connectivity index (χ0n) is 56.4. The van der Waals surface area contributed by atoms with Crippen molar-refractivity contribution in [2.24, 2.45) is 0 Å². The third-order valence-electron chi connectivity index (χ3n) is 16.9. The Morgan fingerprint density at radius 1 is 0.410 bits per heavy atom. The fourth-order valence-corrected chi connectivity index (χ4v) is 12.0. The molecule has 492 valence electrons. The van der Waals surface area contributed by atoms with E-state index in [0.29, 0.717) is 17.4 Å². The number of phosphoric ester groups is 1. The van der Waals surface area contributed by atoms with Gasteiger partial charge in [-0.25, -0.2) is 0 Å². The Labute approximate surface area is 517 Å². The van der Waals surface area contributed by atoms with Crippen LogP contribution in [0.3, 0.4) is 0 Å². The van der Waals surface area contributed by atoms with Gasteiger partial charge < -0.3 is 28.5 Å². The van der Waals surface area contributed by atoms with Crippen molar-refractivity contribution in [3.63, 3.8) is 0 Å². The van der Waals surface area contributed by atoms with Gasteiger partial charge in [0.2, 0.25) is 5.91 Å². The Bertz CT molecular complexity index is 1470. The first-order valence-electron chi connectivity index (χ1n) is 36.6. The van der Waals surface area contributed by atoms with Gasteiger partial charge in [0.1, 0.15) is 19.3 Å². The molecule has 0 aliphatic carbocycles. The highest BCUT2D eigenvalue weighted by Gasteiger charge is 2.27. The van der Waals surface area contributed by atoms with Gasteiger partial charge in [0.25, 0.3) is 7.82 Å². The van der Waals surface area contributed by atoms with Crippen LogP contribution in [0, 0.1) is 0 Å². The van der Waals surface area contributed by atoms with Gasteiger partial charge in [0.05, 0.1) is 33.8 Å². The van der Waals surface area contributed by atoms with Gasteiger partial charge in [-0.2, -0.15) is 0 Å². The average Bonchev–Trinajstić information content (AvgIpc) is 3.52. The van der Waals surface area contributed by atoms with Gasteiger partial charge in [-0.3, -0.25) is 14.2 Å². The summed E-state index contributed by atoms with van der Waals surface area (Å²) in [5.74, 6) is -0.521. The lowest BCUT2D eigenvalue weighted by Crippen LogP contribution is -2.47. The Balaban J connectivity index is 4.92. The van der Waals surface area contributed by atoms with E-state index in [1.165, 1.54) is 289 Å². The number of unbranched alkanes of at least 4 members (excludes halogenated alkanes) is 50. The molecular weight excluding hydrogens is 1050 g/mol. The summed E-state index contributed by atoms with van der Waals surface area (Å²) in [7, 11) is 1.20. The predicted octanol–water partition coefficient (Wildman–Crippen LogP) is 22.6. The minimum absolute atomic E-state index is 0.0188. The molecule has 1 N–H and O–H groups in total. The molecule has 10 heteroatoms. The maximum absolute atomic E-state index is 13.6. The number of phosphoric acid groups is 1. The van der Waals surface area contributed by atoms with Crippen LogP contribution in [0.2, 0.25) is 0 Å². The first-order valence-corrected chi connectivity index (χ1v) is 38.1. The first kappa shape index (κ1) is 81.5. The molecule has 3 atom stereocenters. The first-order chi connectivity index (χ1) is 40.4. The molecule has 0 bridgehead atoms. The number of esters is 1. The van der Waals surface area contributed by atoms with E-state index >= 15 is 0 Å². The van der Waals surface area contributed by atoms with Crippen LogP contribution in [0.1, 0.15) is 380 Å². The van der Waals surface area contributed by atoms with E-state index in [0.717, 1.165) is 57.8 Å². The SMILES string of the molecule is CCCCCCCC/C=C/CCCCCCCCCCCC(=O)NC(COP(=O)([O-])OCC[N+](C)(C)C)C(/C=C\CCCCCCCCCCC)OC(=O)CCCCCCCCCCCCCCCCCCCCCCCCCCCCC. The van der Waals surface area contributed by atoms with Crippen LogP contribution in [0.25, 0.3) is 0 Å². The molecule has 0 heterocycles. The van der Waals surface area contributed by atoms with Crippen LogP contribution < -0.4 is 10.2 Å². The maximum Gasteiger partial charge on any atom is 0.306 e. The molecule has 0 spiro atoms. The quantitative estimate of drug-likeness (QED) is 0.0212. The fourth-order valence-electron chi connectivity index (χ4n) is 11.2. The largest absolute Gasteiger partial charge is 0.756 e. The van der Waals surface area contributed by atoms with Gasteiger partial charge in [-0.1, -0.05) is 334 Å². The van der Waals surface area contributed by atoms with Crippen LogP contribution in [-0.2, 0) is 27.9 Å². The third kappa shape index (κ3) is 64.8. The van der Waals surface area contributed by atoms with E-state index in [9.17, 15) is 19.0 Å². The summed E-state index contributed by atoms with van der Waals surface area (Å²) in [6.45, 7) is 6.90. The second kappa shape index (κ2) is 63.5. The molecule has 0 aromatic heterocycles. The number of nitrogens with one attached hydrogen (secondary N) is 1. The monoisotopic (exact) mass is 1190 g/mol. The van der Waals surface area contributed by atoms with Gasteiger partial charge in [0.15, 0.2) is 0 Å². The topological polar surface area (TPSA) is 114 Å². The number of carbonyl (C=O) groups is 2. The molecule has 0 aliphatic rings. The van der Waals surface area contributed by atoms with Gasteiger partial charge in [0, 0.05) is 12.8 Å². The summed E-state index contributed by atoms with van der Waals surface area (Å²) in [4.78, 5) is 40.2. The lowest BCUT2D eigenvalue weighted by Gasteiger charge is -2.30. The van der Waals surface area contributed by atoms with Crippen LogP contribution in [-0.4, -0.2) is 69.4 Å². The van der Waals surface area contributed by atoms with Crippen molar-refractivity contribution in [3.8, 4) is 0 Å². The summed E-state index contributed by atoms with van der Waals surface area (Å²) in [5, 5.41) is 3.05. The highest BCUT2D eigenvalue weighted by Crippen LogP contribution is 2.38. The minimum atomic E-state index is -4.70. The van der Waals surface area contributed by atoms with Crippen molar-refractivity contribution < 1.29 is 37.3 Å². The van der Waals surface area contributed by atoms with Crippen LogP contribution in [0.15, 0.2) is 24.3 Å². The van der Waals surface area contributed by atoms with Crippen LogP contribution in [0.4, 0.5) is 0 Å². The van der Waals surface area contributed by atoms with Crippen LogP contribution in [0.5, 0.6) is 0 Å². The standard InChI is InChI=1S/C73H143N2O7P/c1-7-10-13-16-19-22-25-27-29-31-33-34-35-36-37-38-39-40-42-44-46-48-51-54-57-60-63-66-73(77)82-71(64-61-58-55-52-49-24-21-18-15-12-9-3)70(69-81-83(78,79)80-68-67-75(4,5)6)74-72(76)65-62-59-56-53-50-47-45-43-41-32-30-28-26-23-20-17-14-11-8-2/h28,30,61,64,70-71H,7-27,29,31-60,62-63,65-69H2,1-6H3,(H-,74,76,78,79)/b30-28+,64-61-. The summed E-state index contributed by atoms with van der Waals surface area (Å²) < 4.78 is 30.4. The molecule has 0 aromatic carbocycles. The molecule has 0 aliphatic heterocycles. The van der Waals surface area contributed by atoms with E-state index in [1.807, 2.05) is 33.3 Å². The Hall–Kier alpha value is -1.51. The summed E-state index contributed by atoms with van der Waals surface area (Å²) in [6, 6.07) is -0.885. The number of allylic oxidation sites excluding steroid dienone is 3. The normalized spacial score (nSPS) is 13.6. The second-order valence-electron chi connectivity index (χ2n) is 26.5. The summed E-state index contributed by atoms with van der Waals surface area (Å²) in [6.07, 6.45) is 77.5. The van der Waals surface area contributed by atoms with E-state index < -0.39 is 20.0 Å². The van der Waals surface area contributed by atoms with Crippen molar-refractivity contribution in [1.82, 2.24) is 5.32 Å². The Morgan fingerprint density at radius 3 is 1.02 bits per heavy atom. The van der Waals surface area contributed by atoms with E-state index in [4.69, 9.17) is 13.8 Å². The van der Waals surface area contributed by atoms with Gasteiger partial charge >= 0.3 is 5.97 Å². The lowest BCUT2D eigenvalue weighted by molar-refractivity contribution is -0.870.